The SMILES string of the molecule is COC(Cn1cnc2c([nH]c3ccc(Br)cc32)c1=O)OC. The van der Waals surface area contributed by atoms with E-state index in [0.29, 0.717) is 11.0 Å². The lowest BCUT2D eigenvalue weighted by atomic mass is 10.2. The van der Waals surface area contributed by atoms with Gasteiger partial charge in [0.1, 0.15) is 11.0 Å². The van der Waals surface area contributed by atoms with E-state index in [9.17, 15) is 4.79 Å². The molecule has 1 N–H and O–H groups in total. The van der Waals surface area contributed by atoms with Crippen LogP contribution in [0.1, 0.15) is 0 Å². The number of nitrogens with zero attached hydrogens (tertiary/aromatic N) is 2. The Morgan fingerprint density at radius 3 is 2.86 bits per heavy atom. The van der Waals surface area contributed by atoms with Crippen molar-refractivity contribution in [3.8, 4) is 0 Å². The number of methoxy groups -OCH3 is 2. The summed E-state index contributed by atoms with van der Waals surface area (Å²) in [7, 11) is 3.07. The molecule has 0 atom stereocenters. The van der Waals surface area contributed by atoms with E-state index >= 15 is 0 Å². The van der Waals surface area contributed by atoms with Crippen molar-refractivity contribution < 1.29 is 9.47 Å². The van der Waals surface area contributed by atoms with Crippen LogP contribution >= 0.6 is 15.9 Å². The first-order valence-corrected chi connectivity index (χ1v) is 7.15. The van der Waals surface area contributed by atoms with Crippen LogP contribution in [0.2, 0.25) is 0 Å². The summed E-state index contributed by atoms with van der Waals surface area (Å²) < 4.78 is 12.7. The quantitative estimate of drug-likeness (QED) is 0.732. The predicted molar refractivity (Wildman–Crippen MR) is 83.4 cm³/mol. The molecule has 110 valence electrons. The summed E-state index contributed by atoms with van der Waals surface area (Å²) in [6, 6.07) is 5.78. The van der Waals surface area contributed by atoms with Crippen molar-refractivity contribution in [1.29, 1.82) is 0 Å². The highest BCUT2D eigenvalue weighted by Crippen LogP contribution is 2.24. The van der Waals surface area contributed by atoms with E-state index in [1.54, 1.807) is 0 Å². The second kappa shape index (κ2) is 5.59. The lowest BCUT2D eigenvalue weighted by Crippen LogP contribution is -2.29. The molecule has 0 aliphatic heterocycles. The fourth-order valence-electron chi connectivity index (χ4n) is 2.30. The van der Waals surface area contributed by atoms with Crippen molar-refractivity contribution in [3.05, 3.63) is 39.4 Å². The fraction of sp³-hybridized carbons (Fsp3) is 0.286. The standard InChI is InChI=1S/C14H14BrN3O3/c1-20-11(21-2)6-18-7-16-12-9-5-8(15)3-4-10(9)17-13(12)14(18)19/h3-5,7,11,17H,6H2,1-2H3. The lowest BCUT2D eigenvalue weighted by Gasteiger charge is -2.14. The molecule has 0 fully saturated rings. The van der Waals surface area contributed by atoms with Gasteiger partial charge in [0.15, 0.2) is 6.29 Å². The van der Waals surface area contributed by atoms with Crippen LogP contribution in [0.4, 0.5) is 0 Å². The Kier molecular flexibility index (Phi) is 3.79. The Labute approximate surface area is 128 Å². The van der Waals surface area contributed by atoms with Crippen molar-refractivity contribution >= 4 is 37.9 Å². The van der Waals surface area contributed by atoms with E-state index in [-0.39, 0.29) is 12.1 Å². The van der Waals surface area contributed by atoms with Gasteiger partial charge in [0.2, 0.25) is 0 Å². The van der Waals surface area contributed by atoms with Gasteiger partial charge in [0.25, 0.3) is 5.56 Å². The zero-order chi connectivity index (χ0) is 15.0. The molecule has 0 aliphatic rings. The molecule has 1 aromatic carbocycles. The average Bonchev–Trinajstić information content (AvgIpc) is 2.85. The van der Waals surface area contributed by atoms with Crippen LogP contribution in [0.3, 0.4) is 0 Å². The summed E-state index contributed by atoms with van der Waals surface area (Å²) in [5, 5.41) is 0.915. The molecule has 0 unspecified atom stereocenters. The first-order valence-electron chi connectivity index (χ1n) is 6.36. The van der Waals surface area contributed by atoms with Crippen molar-refractivity contribution in [1.82, 2.24) is 14.5 Å². The van der Waals surface area contributed by atoms with E-state index in [2.05, 4.69) is 25.9 Å². The van der Waals surface area contributed by atoms with E-state index in [1.165, 1.54) is 25.1 Å². The molecule has 0 saturated carbocycles. The van der Waals surface area contributed by atoms with Gasteiger partial charge in [-0.05, 0) is 18.2 Å². The second-order valence-corrected chi connectivity index (χ2v) is 5.56. The second-order valence-electron chi connectivity index (χ2n) is 4.64. The summed E-state index contributed by atoms with van der Waals surface area (Å²) in [5.41, 5.74) is 1.88. The topological polar surface area (TPSA) is 69.1 Å². The Balaban J connectivity index is 2.17. The van der Waals surface area contributed by atoms with Gasteiger partial charge in [0.05, 0.1) is 12.9 Å². The van der Waals surface area contributed by atoms with Gasteiger partial charge in [0, 0.05) is 29.6 Å². The molecular formula is C14H14BrN3O3. The molecule has 6 nitrogen and oxygen atoms in total. The Hall–Kier alpha value is -1.70. The minimum atomic E-state index is -0.486. The molecule has 0 aliphatic carbocycles. The summed E-state index contributed by atoms with van der Waals surface area (Å²) in [6.07, 6.45) is 1.03. The molecule has 7 heteroatoms. The number of aromatic nitrogens is 3. The zero-order valence-corrected chi connectivity index (χ0v) is 13.2. The molecule has 3 aromatic rings. The van der Waals surface area contributed by atoms with Gasteiger partial charge in [-0.15, -0.1) is 0 Å². The Morgan fingerprint density at radius 2 is 2.14 bits per heavy atom. The van der Waals surface area contributed by atoms with Crippen LogP contribution in [0.5, 0.6) is 0 Å². The van der Waals surface area contributed by atoms with E-state index in [0.717, 1.165) is 15.4 Å². The van der Waals surface area contributed by atoms with Crippen LogP contribution in [-0.2, 0) is 16.0 Å². The van der Waals surface area contributed by atoms with Gasteiger partial charge in [-0.2, -0.15) is 0 Å². The van der Waals surface area contributed by atoms with Gasteiger partial charge >= 0.3 is 0 Å². The molecule has 0 amide bonds. The van der Waals surface area contributed by atoms with Crippen LogP contribution < -0.4 is 5.56 Å². The van der Waals surface area contributed by atoms with Crippen molar-refractivity contribution in [2.75, 3.05) is 14.2 Å². The smallest absolute Gasteiger partial charge is 0.277 e. The first-order chi connectivity index (χ1) is 10.1. The maximum absolute atomic E-state index is 12.5. The number of rotatable bonds is 4. The molecule has 0 spiro atoms. The molecule has 0 saturated heterocycles. The van der Waals surface area contributed by atoms with E-state index in [1.807, 2.05) is 18.2 Å². The van der Waals surface area contributed by atoms with Gasteiger partial charge in [-0.3, -0.25) is 9.36 Å². The predicted octanol–water partition coefficient (Wildman–Crippen LogP) is 2.26. The third-order valence-corrected chi connectivity index (χ3v) is 3.90. The number of hydrogen-bond donors (Lipinski definition) is 1. The van der Waals surface area contributed by atoms with Crippen LogP contribution in [0, 0.1) is 0 Å². The summed E-state index contributed by atoms with van der Waals surface area (Å²) in [4.78, 5) is 20.0. The minimum Gasteiger partial charge on any atom is -0.354 e. The fourth-order valence-corrected chi connectivity index (χ4v) is 2.66. The number of aromatic amines is 1. The molecular weight excluding hydrogens is 338 g/mol. The summed E-state index contributed by atoms with van der Waals surface area (Å²) in [5.74, 6) is 0. The molecule has 21 heavy (non-hydrogen) atoms. The molecule has 2 aromatic heterocycles. The number of benzene rings is 1. The maximum atomic E-state index is 12.5. The largest absolute Gasteiger partial charge is 0.354 e. The number of nitrogens with one attached hydrogen (secondary N) is 1. The van der Waals surface area contributed by atoms with E-state index < -0.39 is 6.29 Å². The lowest BCUT2D eigenvalue weighted by molar-refractivity contribution is -0.111. The number of halogens is 1. The van der Waals surface area contributed by atoms with E-state index in [4.69, 9.17) is 9.47 Å². The average molecular weight is 352 g/mol. The Bertz CT molecular complexity index is 852. The first kappa shape index (κ1) is 14.2. The number of ether oxygens (including phenoxy) is 2. The number of fused-ring (bicyclic) bond motifs is 3. The number of hydrogen-bond acceptors (Lipinski definition) is 4. The zero-order valence-electron chi connectivity index (χ0n) is 11.6. The summed E-state index contributed by atoms with van der Waals surface area (Å²) >= 11 is 3.43. The normalized spacial score (nSPS) is 11.8. The van der Waals surface area contributed by atoms with Crippen LogP contribution in [-0.4, -0.2) is 35.0 Å². The molecule has 0 bridgehead atoms. The van der Waals surface area contributed by atoms with Crippen LogP contribution in [0.15, 0.2) is 33.8 Å². The summed E-state index contributed by atoms with van der Waals surface area (Å²) in [6.45, 7) is 0.286. The highest BCUT2D eigenvalue weighted by molar-refractivity contribution is 9.10. The van der Waals surface area contributed by atoms with Crippen molar-refractivity contribution in [2.24, 2.45) is 0 Å². The third kappa shape index (κ3) is 2.48. The molecule has 0 radical (unpaired) electrons. The maximum Gasteiger partial charge on any atom is 0.277 e. The van der Waals surface area contributed by atoms with Crippen molar-refractivity contribution in [3.63, 3.8) is 0 Å². The monoisotopic (exact) mass is 351 g/mol. The number of H-pyrrole nitrogens is 1. The molecule has 2 heterocycles. The van der Waals surface area contributed by atoms with Gasteiger partial charge in [-0.25, -0.2) is 4.98 Å². The third-order valence-electron chi connectivity index (χ3n) is 3.41. The van der Waals surface area contributed by atoms with Gasteiger partial charge in [-0.1, -0.05) is 15.9 Å². The van der Waals surface area contributed by atoms with Gasteiger partial charge < -0.3 is 14.5 Å². The highest BCUT2D eigenvalue weighted by atomic mass is 79.9. The van der Waals surface area contributed by atoms with Crippen LogP contribution in [0.25, 0.3) is 21.9 Å². The Morgan fingerprint density at radius 1 is 1.38 bits per heavy atom. The molecule has 3 rings (SSSR count). The highest BCUT2D eigenvalue weighted by Gasteiger charge is 2.13. The minimum absolute atomic E-state index is 0.147. The van der Waals surface area contributed by atoms with Crippen molar-refractivity contribution in [2.45, 2.75) is 12.8 Å².